The van der Waals surface area contributed by atoms with Crippen molar-refractivity contribution in [2.75, 3.05) is 14.1 Å². The highest BCUT2D eigenvalue weighted by Crippen LogP contribution is 1.98. The van der Waals surface area contributed by atoms with Crippen molar-refractivity contribution in [1.29, 1.82) is 0 Å². The van der Waals surface area contributed by atoms with Crippen LogP contribution in [0.1, 0.15) is 6.42 Å². The van der Waals surface area contributed by atoms with Crippen LogP contribution >= 0.6 is 0 Å². The maximum Gasteiger partial charge on any atom is 0.109 e. The van der Waals surface area contributed by atoms with Crippen LogP contribution in [0.2, 0.25) is 0 Å². The van der Waals surface area contributed by atoms with Gasteiger partial charge in [0.2, 0.25) is 0 Å². The van der Waals surface area contributed by atoms with Crippen molar-refractivity contribution in [3.05, 3.63) is 6.92 Å². The molecular weight excluding hydrogens is 118 g/mol. The van der Waals surface area contributed by atoms with E-state index in [0.29, 0.717) is 6.42 Å². The summed E-state index contributed by atoms with van der Waals surface area (Å²) < 4.78 is 0. The normalized spacial score (nSPS) is 18.0. The summed E-state index contributed by atoms with van der Waals surface area (Å²) in [7, 11) is 3.49. The van der Waals surface area contributed by atoms with E-state index >= 15 is 0 Å². The maximum absolute atomic E-state index is 9.02. The monoisotopic (exact) mass is 132 g/mol. The zero-order chi connectivity index (χ0) is 7.44. The molecule has 0 fully saturated rings. The van der Waals surface area contributed by atoms with Crippen LogP contribution in [0.4, 0.5) is 0 Å². The summed E-state index contributed by atoms with van der Waals surface area (Å²) in [5.74, 6) is 0. The molecule has 3 heteroatoms. The molecule has 0 aliphatic heterocycles. The first-order valence-corrected chi connectivity index (χ1v) is 2.89. The molecule has 2 N–H and O–H groups in total. The molecule has 0 spiro atoms. The number of nitrogens with zero attached hydrogens (tertiary/aromatic N) is 1. The molecule has 0 aromatic heterocycles. The average Bonchev–Trinajstić information content (AvgIpc) is 1.63. The van der Waals surface area contributed by atoms with E-state index in [9.17, 15) is 0 Å². The molecule has 3 nitrogen and oxygen atoms in total. The van der Waals surface area contributed by atoms with E-state index in [1.807, 2.05) is 0 Å². The second-order valence-electron chi connectivity index (χ2n) is 2.33. The number of aliphatic hydroxyl groups is 2. The molecule has 2 atom stereocenters. The molecule has 1 radical (unpaired) electrons. The first kappa shape index (κ1) is 8.88. The smallest absolute Gasteiger partial charge is 0.109 e. The largest absolute Gasteiger partial charge is 0.393 e. The van der Waals surface area contributed by atoms with Crippen LogP contribution in [-0.4, -0.2) is 41.5 Å². The van der Waals surface area contributed by atoms with Crippen LogP contribution in [0.15, 0.2) is 0 Å². The third kappa shape index (κ3) is 4.39. The van der Waals surface area contributed by atoms with Gasteiger partial charge in [-0.3, -0.25) is 4.90 Å². The minimum atomic E-state index is -0.678. The Morgan fingerprint density at radius 2 is 1.89 bits per heavy atom. The van der Waals surface area contributed by atoms with E-state index in [-0.39, 0.29) is 0 Å². The van der Waals surface area contributed by atoms with Crippen molar-refractivity contribution < 1.29 is 10.2 Å². The van der Waals surface area contributed by atoms with Crippen molar-refractivity contribution in [3.63, 3.8) is 0 Å². The molecule has 2 unspecified atom stereocenters. The maximum atomic E-state index is 9.02. The minimum Gasteiger partial charge on any atom is -0.393 e. The first-order valence-electron chi connectivity index (χ1n) is 2.89. The molecule has 0 amide bonds. The first-order chi connectivity index (χ1) is 4.04. The van der Waals surface area contributed by atoms with Crippen LogP contribution in [0, 0.1) is 6.92 Å². The van der Waals surface area contributed by atoms with E-state index in [1.54, 1.807) is 19.0 Å². The van der Waals surface area contributed by atoms with Crippen LogP contribution in [0.5, 0.6) is 0 Å². The second kappa shape index (κ2) is 3.82. The van der Waals surface area contributed by atoms with Crippen LogP contribution < -0.4 is 0 Å². The van der Waals surface area contributed by atoms with Crippen molar-refractivity contribution in [2.45, 2.75) is 18.8 Å². The Kier molecular flexibility index (Phi) is 3.77. The molecule has 0 saturated heterocycles. The molecule has 0 heterocycles. The molecule has 0 aliphatic carbocycles. The fraction of sp³-hybridized carbons (Fsp3) is 0.833. The lowest BCUT2D eigenvalue weighted by molar-refractivity contribution is 0.00593. The van der Waals surface area contributed by atoms with Gasteiger partial charge < -0.3 is 10.2 Å². The van der Waals surface area contributed by atoms with Gasteiger partial charge in [-0.25, -0.2) is 0 Å². The predicted octanol–water partition coefficient (Wildman–Crippen LogP) is -0.549. The summed E-state index contributed by atoms with van der Waals surface area (Å²) in [6.07, 6.45) is -0.965. The van der Waals surface area contributed by atoms with Crippen molar-refractivity contribution in [3.8, 4) is 0 Å². The van der Waals surface area contributed by atoms with E-state index in [2.05, 4.69) is 6.92 Å². The highest BCUT2D eigenvalue weighted by atomic mass is 16.3. The summed E-state index contributed by atoms with van der Waals surface area (Å²) in [6, 6.07) is 0. The van der Waals surface area contributed by atoms with Crippen LogP contribution in [-0.2, 0) is 0 Å². The summed E-state index contributed by atoms with van der Waals surface area (Å²) in [4.78, 5) is 1.62. The molecule has 0 bridgehead atoms. The number of rotatable bonds is 3. The third-order valence-electron chi connectivity index (χ3n) is 1.08. The van der Waals surface area contributed by atoms with Crippen molar-refractivity contribution in [2.24, 2.45) is 0 Å². The summed E-state index contributed by atoms with van der Waals surface area (Å²) >= 11 is 0. The van der Waals surface area contributed by atoms with Crippen molar-refractivity contribution >= 4 is 0 Å². The number of hydrogen-bond donors (Lipinski definition) is 2. The molecular formula is C6H14NO2. The Hall–Kier alpha value is -0.120. The Labute approximate surface area is 55.9 Å². The molecule has 55 valence electrons. The molecule has 0 aromatic rings. The highest BCUT2D eigenvalue weighted by molar-refractivity contribution is 4.61. The van der Waals surface area contributed by atoms with E-state index in [4.69, 9.17) is 10.2 Å². The SMILES string of the molecule is [CH2]C(O)CC(O)N(C)C. The van der Waals surface area contributed by atoms with Gasteiger partial charge in [-0.1, -0.05) is 0 Å². The van der Waals surface area contributed by atoms with Crippen molar-refractivity contribution in [1.82, 2.24) is 4.90 Å². The van der Waals surface area contributed by atoms with Gasteiger partial charge in [0, 0.05) is 6.42 Å². The summed E-state index contributed by atoms with van der Waals surface area (Å²) in [5, 5.41) is 17.7. The van der Waals surface area contributed by atoms with Gasteiger partial charge in [0.25, 0.3) is 0 Å². The lowest BCUT2D eigenvalue weighted by Gasteiger charge is -2.19. The fourth-order valence-electron chi connectivity index (χ4n) is 0.454. The topological polar surface area (TPSA) is 43.7 Å². The summed E-state index contributed by atoms with van der Waals surface area (Å²) in [5.41, 5.74) is 0. The van der Waals surface area contributed by atoms with Crippen LogP contribution in [0.25, 0.3) is 0 Å². The Morgan fingerprint density at radius 3 is 2.00 bits per heavy atom. The van der Waals surface area contributed by atoms with Gasteiger partial charge in [0.15, 0.2) is 0 Å². The Bertz CT molecular complexity index is 73.5. The van der Waals surface area contributed by atoms with E-state index in [0.717, 1.165) is 0 Å². The van der Waals surface area contributed by atoms with Crippen LogP contribution in [0.3, 0.4) is 0 Å². The van der Waals surface area contributed by atoms with E-state index < -0.39 is 12.3 Å². The zero-order valence-electron chi connectivity index (χ0n) is 5.91. The number of hydrogen-bond acceptors (Lipinski definition) is 3. The third-order valence-corrected chi connectivity index (χ3v) is 1.08. The van der Waals surface area contributed by atoms with Gasteiger partial charge >= 0.3 is 0 Å². The quantitative estimate of drug-likeness (QED) is 0.506. The lowest BCUT2D eigenvalue weighted by Crippen LogP contribution is -2.30. The number of aliphatic hydroxyl groups excluding tert-OH is 2. The molecule has 9 heavy (non-hydrogen) atoms. The van der Waals surface area contributed by atoms with E-state index in [1.165, 1.54) is 0 Å². The van der Waals surface area contributed by atoms with Gasteiger partial charge in [0.1, 0.15) is 6.23 Å². The van der Waals surface area contributed by atoms with Gasteiger partial charge in [-0.15, -0.1) is 0 Å². The zero-order valence-corrected chi connectivity index (χ0v) is 5.91. The molecule has 0 aliphatic rings. The highest BCUT2D eigenvalue weighted by Gasteiger charge is 2.08. The molecule has 0 rings (SSSR count). The second-order valence-corrected chi connectivity index (χ2v) is 2.33. The van der Waals surface area contributed by atoms with Gasteiger partial charge in [0.05, 0.1) is 6.10 Å². The fourth-order valence-corrected chi connectivity index (χ4v) is 0.454. The average molecular weight is 132 g/mol. The predicted molar refractivity (Wildman–Crippen MR) is 35.7 cm³/mol. The Morgan fingerprint density at radius 1 is 1.44 bits per heavy atom. The molecule has 0 aromatic carbocycles. The lowest BCUT2D eigenvalue weighted by atomic mass is 10.2. The minimum absolute atomic E-state index is 0.299. The van der Waals surface area contributed by atoms with Gasteiger partial charge in [-0.05, 0) is 21.0 Å². The molecule has 0 saturated carbocycles. The summed E-state index contributed by atoms with van der Waals surface area (Å²) in [6.45, 7) is 3.33. The standard InChI is InChI=1S/C6H14NO2/c1-5(8)4-6(9)7(2)3/h5-6,8-9H,1,4H2,2-3H3. The van der Waals surface area contributed by atoms with Gasteiger partial charge in [-0.2, -0.15) is 0 Å². The Balaban J connectivity index is 3.38.